The number of carbonyl (C=O) groups is 1. The van der Waals surface area contributed by atoms with Crippen molar-refractivity contribution in [3.8, 4) is 17.6 Å². The molecular formula is C21H30N4O3. The van der Waals surface area contributed by atoms with Gasteiger partial charge in [-0.15, -0.1) is 0 Å². The van der Waals surface area contributed by atoms with E-state index in [0.717, 1.165) is 12.8 Å². The van der Waals surface area contributed by atoms with Crippen LogP contribution in [0.3, 0.4) is 0 Å². The highest BCUT2D eigenvalue weighted by Crippen LogP contribution is 2.38. The molecule has 1 aromatic rings. The van der Waals surface area contributed by atoms with Crippen molar-refractivity contribution in [1.82, 2.24) is 4.90 Å². The number of carbonyl (C=O) groups excluding carboxylic acids is 1. The number of nitrogens with zero attached hydrogens (tertiary/aromatic N) is 2. The standard InChI is InChI=1S/C21H30N4O3/c1-20(2)10-15(23)11-21(3,4)25(20)13-14(12-22)19(26)24-16-7-8-17(27-5)18(9-16)28-6/h7-9,13,15H,10-11,23H2,1-6H3,(H,24,26)/b14-13-. The van der Waals surface area contributed by atoms with E-state index >= 15 is 0 Å². The molecule has 28 heavy (non-hydrogen) atoms. The highest BCUT2D eigenvalue weighted by atomic mass is 16.5. The third-order valence-electron chi connectivity index (χ3n) is 5.09. The minimum Gasteiger partial charge on any atom is -0.493 e. The zero-order valence-electron chi connectivity index (χ0n) is 17.5. The quantitative estimate of drug-likeness (QED) is 0.596. The van der Waals surface area contributed by atoms with Crippen LogP contribution < -0.4 is 20.5 Å². The van der Waals surface area contributed by atoms with Gasteiger partial charge in [-0.2, -0.15) is 5.26 Å². The van der Waals surface area contributed by atoms with Crippen LogP contribution >= 0.6 is 0 Å². The summed E-state index contributed by atoms with van der Waals surface area (Å²) in [6.45, 7) is 8.30. The number of hydrogen-bond donors (Lipinski definition) is 2. The Morgan fingerprint density at radius 1 is 1.21 bits per heavy atom. The molecule has 0 atom stereocenters. The maximum absolute atomic E-state index is 12.7. The second kappa shape index (κ2) is 8.11. The summed E-state index contributed by atoms with van der Waals surface area (Å²) in [6, 6.07) is 7.16. The zero-order chi connectivity index (χ0) is 21.1. The number of benzene rings is 1. The van der Waals surface area contributed by atoms with Crippen LogP contribution in [0.4, 0.5) is 5.69 Å². The molecule has 7 nitrogen and oxygen atoms in total. The Bertz CT molecular complexity index is 790. The Hall–Kier alpha value is -2.72. The minimum absolute atomic E-state index is 0.0337. The summed E-state index contributed by atoms with van der Waals surface area (Å²) in [7, 11) is 3.07. The average molecular weight is 386 g/mol. The Kier molecular flexibility index (Phi) is 6.25. The second-order valence-corrected chi connectivity index (χ2v) is 8.34. The molecule has 2 rings (SSSR count). The van der Waals surface area contributed by atoms with Crippen molar-refractivity contribution < 1.29 is 14.3 Å². The molecule has 1 heterocycles. The third-order valence-corrected chi connectivity index (χ3v) is 5.09. The predicted octanol–water partition coefficient (Wildman–Crippen LogP) is 3.03. The number of amides is 1. The molecule has 0 aromatic heterocycles. The van der Waals surface area contributed by atoms with E-state index in [2.05, 4.69) is 37.9 Å². The monoisotopic (exact) mass is 386 g/mol. The molecule has 1 fully saturated rings. The first-order valence-corrected chi connectivity index (χ1v) is 9.24. The van der Waals surface area contributed by atoms with E-state index in [1.54, 1.807) is 31.5 Å². The van der Waals surface area contributed by atoms with Crippen molar-refractivity contribution in [3.63, 3.8) is 0 Å². The molecule has 0 aliphatic carbocycles. The van der Waals surface area contributed by atoms with E-state index in [1.807, 2.05) is 6.07 Å². The number of likely N-dealkylation sites (tertiary alicyclic amines) is 1. The molecule has 1 aliphatic rings. The SMILES string of the molecule is COc1ccc(NC(=O)/C(C#N)=C\N2C(C)(C)CC(N)CC2(C)C)cc1OC. The van der Waals surface area contributed by atoms with Gasteiger partial charge in [-0.3, -0.25) is 4.79 Å². The van der Waals surface area contributed by atoms with Crippen molar-refractivity contribution >= 4 is 11.6 Å². The molecule has 1 aliphatic heterocycles. The molecular weight excluding hydrogens is 356 g/mol. The van der Waals surface area contributed by atoms with E-state index in [0.29, 0.717) is 17.2 Å². The van der Waals surface area contributed by atoms with E-state index in [9.17, 15) is 10.1 Å². The van der Waals surface area contributed by atoms with Crippen LogP contribution in [0.15, 0.2) is 30.0 Å². The van der Waals surface area contributed by atoms with Gasteiger partial charge in [0.05, 0.1) is 14.2 Å². The number of anilines is 1. The fourth-order valence-corrected chi connectivity index (χ4v) is 4.10. The third kappa shape index (κ3) is 4.57. The van der Waals surface area contributed by atoms with Gasteiger partial charge in [0.2, 0.25) is 0 Å². The van der Waals surface area contributed by atoms with Crippen LogP contribution in [0.2, 0.25) is 0 Å². The molecule has 7 heteroatoms. The molecule has 0 unspecified atom stereocenters. The topological polar surface area (TPSA) is 101 Å². The van der Waals surface area contributed by atoms with Gasteiger partial charge >= 0.3 is 0 Å². The maximum atomic E-state index is 12.7. The van der Waals surface area contributed by atoms with Gasteiger partial charge in [0.25, 0.3) is 5.91 Å². The number of nitrogens with two attached hydrogens (primary N) is 1. The number of nitrogens with one attached hydrogen (secondary N) is 1. The number of rotatable bonds is 5. The molecule has 1 aromatic carbocycles. The number of ether oxygens (including phenoxy) is 2. The van der Waals surface area contributed by atoms with Crippen molar-refractivity contribution in [2.45, 2.75) is 57.7 Å². The van der Waals surface area contributed by atoms with Crippen LogP contribution in [-0.4, -0.2) is 42.1 Å². The Morgan fingerprint density at radius 2 is 1.79 bits per heavy atom. The molecule has 0 radical (unpaired) electrons. The van der Waals surface area contributed by atoms with Crippen LogP contribution in [0.5, 0.6) is 11.5 Å². The van der Waals surface area contributed by atoms with Crippen LogP contribution in [0, 0.1) is 11.3 Å². The first-order chi connectivity index (χ1) is 13.0. The Balaban J connectivity index is 2.29. The summed E-state index contributed by atoms with van der Waals surface area (Å²) in [6.07, 6.45) is 3.22. The minimum atomic E-state index is -0.476. The lowest BCUT2D eigenvalue weighted by Gasteiger charge is -2.54. The normalized spacial score (nSPS) is 18.9. The van der Waals surface area contributed by atoms with E-state index < -0.39 is 5.91 Å². The van der Waals surface area contributed by atoms with Crippen LogP contribution in [0.25, 0.3) is 0 Å². The first-order valence-electron chi connectivity index (χ1n) is 9.24. The van der Waals surface area contributed by atoms with Gasteiger partial charge in [-0.25, -0.2) is 0 Å². The molecule has 3 N–H and O–H groups in total. The number of nitriles is 1. The van der Waals surface area contributed by atoms with Crippen molar-refractivity contribution in [2.24, 2.45) is 5.73 Å². The molecule has 152 valence electrons. The number of piperidine rings is 1. The predicted molar refractivity (Wildman–Crippen MR) is 109 cm³/mol. The van der Waals surface area contributed by atoms with Gasteiger partial charge in [0, 0.05) is 35.1 Å². The Labute approximate surface area is 167 Å². The lowest BCUT2D eigenvalue weighted by Crippen LogP contribution is -2.61. The lowest BCUT2D eigenvalue weighted by atomic mass is 9.77. The summed E-state index contributed by atoms with van der Waals surface area (Å²) in [4.78, 5) is 14.8. The highest BCUT2D eigenvalue weighted by Gasteiger charge is 2.43. The van der Waals surface area contributed by atoms with Gasteiger partial charge in [0.15, 0.2) is 11.5 Å². The van der Waals surface area contributed by atoms with Crippen LogP contribution in [0.1, 0.15) is 40.5 Å². The molecule has 0 spiro atoms. The molecule has 1 saturated heterocycles. The van der Waals surface area contributed by atoms with Gasteiger partial charge in [-0.05, 0) is 52.7 Å². The fraction of sp³-hybridized carbons (Fsp3) is 0.524. The van der Waals surface area contributed by atoms with Crippen molar-refractivity contribution in [1.29, 1.82) is 5.26 Å². The molecule has 1 amide bonds. The van der Waals surface area contributed by atoms with E-state index in [1.165, 1.54) is 7.11 Å². The average Bonchev–Trinajstić information content (AvgIpc) is 2.59. The van der Waals surface area contributed by atoms with E-state index in [4.69, 9.17) is 15.2 Å². The van der Waals surface area contributed by atoms with Gasteiger partial charge < -0.3 is 25.4 Å². The lowest BCUT2D eigenvalue weighted by molar-refractivity contribution is -0.112. The zero-order valence-corrected chi connectivity index (χ0v) is 17.5. The van der Waals surface area contributed by atoms with Gasteiger partial charge in [0.1, 0.15) is 11.6 Å². The summed E-state index contributed by atoms with van der Waals surface area (Å²) in [5.74, 6) is 0.580. The van der Waals surface area contributed by atoms with Crippen molar-refractivity contribution in [3.05, 3.63) is 30.0 Å². The summed E-state index contributed by atoms with van der Waals surface area (Å²) >= 11 is 0. The number of hydrogen-bond acceptors (Lipinski definition) is 6. The molecule has 0 saturated carbocycles. The first kappa shape index (κ1) is 21.6. The largest absolute Gasteiger partial charge is 0.493 e. The summed E-state index contributed by atoms with van der Waals surface area (Å²) < 4.78 is 10.5. The van der Waals surface area contributed by atoms with Gasteiger partial charge in [-0.1, -0.05) is 0 Å². The summed E-state index contributed by atoms with van der Waals surface area (Å²) in [5.41, 5.74) is 6.22. The van der Waals surface area contributed by atoms with Crippen molar-refractivity contribution in [2.75, 3.05) is 19.5 Å². The smallest absolute Gasteiger partial charge is 0.267 e. The Morgan fingerprint density at radius 3 is 2.29 bits per heavy atom. The highest BCUT2D eigenvalue weighted by molar-refractivity contribution is 6.06. The maximum Gasteiger partial charge on any atom is 0.267 e. The van der Waals surface area contributed by atoms with E-state index in [-0.39, 0.29) is 22.7 Å². The van der Waals surface area contributed by atoms with Crippen LogP contribution in [-0.2, 0) is 4.79 Å². The summed E-state index contributed by atoms with van der Waals surface area (Å²) in [5, 5.41) is 12.4. The fourth-order valence-electron chi connectivity index (χ4n) is 4.10. The second-order valence-electron chi connectivity index (χ2n) is 8.34. The molecule has 0 bridgehead atoms. The number of methoxy groups -OCH3 is 2.